The molecule has 0 aliphatic heterocycles. The standard InChI is InChI=1S/C18H25F3N2O/c1-13-5-7-14(8-6-13)9-10-23(12-18(19,20)21)17(24)11-15-3-2-4-16(15)22/h5-8,15-16H,2-4,9-12,22H2,1H3/t15-,16+/m0/s1. The summed E-state index contributed by atoms with van der Waals surface area (Å²) >= 11 is 0. The molecule has 0 bridgehead atoms. The van der Waals surface area contributed by atoms with E-state index >= 15 is 0 Å². The Kier molecular flexibility index (Phi) is 6.27. The highest BCUT2D eigenvalue weighted by molar-refractivity contribution is 5.76. The van der Waals surface area contributed by atoms with Gasteiger partial charge in [-0.05, 0) is 37.7 Å². The predicted molar refractivity (Wildman–Crippen MR) is 87.5 cm³/mol. The van der Waals surface area contributed by atoms with Gasteiger partial charge in [-0.3, -0.25) is 4.79 Å². The molecule has 0 heterocycles. The fraction of sp³-hybridized carbons (Fsp3) is 0.611. The van der Waals surface area contributed by atoms with Gasteiger partial charge in [-0.25, -0.2) is 0 Å². The lowest BCUT2D eigenvalue weighted by Gasteiger charge is -2.26. The average molecular weight is 342 g/mol. The lowest BCUT2D eigenvalue weighted by molar-refractivity contribution is -0.161. The van der Waals surface area contributed by atoms with E-state index in [1.54, 1.807) is 0 Å². The first kappa shape index (κ1) is 18.8. The van der Waals surface area contributed by atoms with Crippen LogP contribution in [-0.2, 0) is 11.2 Å². The molecule has 1 aliphatic rings. The van der Waals surface area contributed by atoms with Crippen LogP contribution >= 0.6 is 0 Å². The van der Waals surface area contributed by atoms with Crippen LogP contribution in [0.15, 0.2) is 24.3 Å². The molecule has 2 N–H and O–H groups in total. The number of amides is 1. The molecule has 134 valence electrons. The van der Waals surface area contributed by atoms with E-state index in [2.05, 4.69) is 0 Å². The monoisotopic (exact) mass is 342 g/mol. The molecule has 1 aliphatic carbocycles. The van der Waals surface area contributed by atoms with Crippen molar-refractivity contribution in [2.75, 3.05) is 13.1 Å². The Hall–Kier alpha value is -1.56. The van der Waals surface area contributed by atoms with Crippen LogP contribution in [-0.4, -0.2) is 36.1 Å². The molecule has 0 radical (unpaired) electrons. The van der Waals surface area contributed by atoms with Crippen molar-refractivity contribution in [2.45, 2.75) is 51.2 Å². The number of nitrogens with zero attached hydrogens (tertiary/aromatic N) is 1. The lowest BCUT2D eigenvalue weighted by atomic mass is 9.99. The molecule has 24 heavy (non-hydrogen) atoms. The molecule has 0 saturated heterocycles. The first-order valence-electron chi connectivity index (χ1n) is 8.40. The Labute approximate surface area is 141 Å². The van der Waals surface area contributed by atoms with Crippen LogP contribution in [0.1, 0.15) is 36.8 Å². The maximum atomic E-state index is 12.8. The van der Waals surface area contributed by atoms with Gasteiger partial charge in [0.2, 0.25) is 5.91 Å². The van der Waals surface area contributed by atoms with Crippen molar-refractivity contribution >= 4 is 5.91 Å². The molecule has 1 fully saturated rings. The highest BCUT2D eigenvalue weighted by Gasteiger charge is 2.34. The molecular formula is C18H25F3N2O. The number of benzene rings is 1. The predicted octanol–water partition coefficient (Wildman–Crippen LogP) is 3.45. The molecule has 0 aromatic heterocycles. The summed E-state index contributed by atoms with van der Waals surface area (Å²) in [4.78, 5) is 13.3. The van der Waals surface area contributed by atoms with Gasteiger partial charge >= 0.3 is 6.18 Å². The quantitative estimate of drug-likeness (QED) is 0.861. The van der Waals surface area contributed by atoms with Gasteiger partial charge in [0.25, 0.3) is 0 Å². The summed E-state index contributed by atoms with van der Waals surface area (Å²) in [6.07, 6.45) is -1.24. The number of aryl methyl sites for hydroxylation is 1. The Morgan fingerprint density at radius 2 is 1.92 bits per heavy atom. The van der Waals surface area contributed by atoms with Gasteiger partial charge < -0.3 is 10.6 Å². The molecule has 0 unspecified atom stereocenters. The number of carbonyl (C=O) groups is 1. The Bertz CT molecular complexity index is 542. The topological polar surface area (TPSA) is 46.3 Å². The fourth-order valence-corrected chi connectivity index (χ4v) is 3.20. The van der Waals surface area contributed by atoms with Crippen LogP contribution in [0.2, 0.25) is 0 Å². The van der Waals surface area contributed by atoms with E-state index in [9.17, 15) is 18.0 Å². The Balaban J connectivity index is 1.97. The first-order valence-corrected chi connectivity index (χ1v) is 8.40. The number of hydrogen-bond donors (Lipinski definition) is 1. The summed E-state index contributed by atoms with van der Waals surface area (Å²) in [6.45, 7) is 0.830. The minimum absolute atomic E-state index is 0.00704. The normalized spacial score (nSPS) is 21.0. The summed E-state index contributed by atoms with van der Waals surface area (Å²) in [5.41, 5.74) is 7.96. The molecule has 1 amide bonds. The highest BCUT2D eigenvalue weighted by Crippen LogP contribution is 2.28. The van der Waals surface area contributed by atoms with Crippen LogP contribution in [0.3, 0.4) is 0 Å². The van der Waals surface area contributed by atoms with Crippen LogP contribution < -0.4 is 5.73 Å². The van der Waals surface area contributed by atoms with Gasteiger partial charge in [-0.1, -0.05) is 36.2 Å². The maximum Gasteiger partial charge on any atom is 0.406 e. The molecule has 3 nitrogen and oxygen atoms in total. The van der Waals surface area contributed by atoms with Crippen LogP contribution in [0.4, 0.5) is 13.2 Å². The average Bonchev–Trinajstić information content (AvgIpc) is 2.89. The number of nitrogens with two attached hydrogens (primary N) is 1. The molecule has 6 heteroatoms. The van der Waals surface area contributed by atoms with Gasteiger partial charge in [-0.15, -0.1) is 0 Å². The van der Waals surface area contributed by atoms with E-state index < -0.39 is 18.6 Å². The smallest absolute Gasteiger partial charge is 0.333 e. The van der Waals surface area contributed by atoms with Crippen LogP contribution in [0.25, 0.3) is 0 Å². The van der Waals surface area contributed by atoms with Crippen molar-refractivity contribution < 1.29 is 18.0 Å². The van der Waals surface area contributed by atoms with Gasteiger partial charge in [-0.2, -0.15) is 13.2 Å². The number of rotatable bonds is 6. The third-order valence-corrected chi connectivity index (χ3v) is 4.67. The lowest BCUT2D eigenvalue weighted by Crippen LogP contribution is -2.42. The van der Waals surface area contributed by atoms with Gasteiger partial charge in [0.05, 0.1) is 0 Å². The third-order valence-electron chi connectivity index (χ3n) is 4.67. The van der Waals surface area contributed by atoms with Crippen molar-refractivity contribution in [3.05, 3.63) is 35.4 Å². The molecule has 2 atom stereocenters. The van der Waals surface area contributed by atoms with E-state index in [0.29, 0.717) is 6.42 Å². The van der Waals surface area contributed by atoms with E-state index in [0.717, 1.165) is 35.3 Å². The highest BCUT2D eigenvalue weighted by atomic mass is 19.4. The largest absolute Gasteiger partial charge is 0.406 e. The molecule has 1 saturated carbocycles. The SMILES string of the molecule is Cc1ccc(CCN(CC(F)(F)F)C(=O)C[C@@H]2CCC[C@H]2N)cc1. The fourth-order valence-electron chi connectivity index (χ4n) is 3.20. The van der Waals surface area contributed by atoms with E-state index in [1.165, 1.54) is 0 Å². The van der Waals surface area contributed by atoms with Gasteiger partial charge in [0.1, 0.15) is 6.54 Å². The van der Waals surface area contributed by atoms with Crippen LogP contribution in [0.5, 0.6) is 0 Å². The minimum atomic E-state index is -4.39. The summed E-state index contributed by atoms with van der Waals surface area (Å²) in [5.74, 6) is -0.436. The second-order valence-electron chi connectivity index (χ2n) is 6.73. The summed E-state index contributed by atoms with van der Waals surface area (Å²) < 4.78 is 38.4. The maximum absolute atomic E-state index is 12.8. The number of halogens is 3. The Morgan fingerprint density at radius 1 is 1.25 bits per heavy atom. The molecule has 1 aromatic carbocycles. The Morgan fingerprint density at radius 3 is 2.46 bits per heavy atom. The minimum Gasteiger partial charge on any atom is -0.333 e. The zero-order chi connectivity index (χ0) is 17.7. The van der Waals surface area contributed by atoms with Crippen molar-refractivity contribution in [2.24, 2.45) is 11.7 Å². The molecule has 2 rings (SSSR count). The second-order valence-corrected chi connectivity index (χ2v) is 6.73. The zero-order valence-electron chi connectivity index (χ0n) is 14.0. The van der Waals surface area contributed by atoms with Crippen molar-refractivity contribution in [3.63, 3.8) is 0 Å². The van der Waals surface area contributed by atoms with Crippen molar-refractivity contribution in [1.82, 2.24) is 4.90 Å². The van der Waals surface area contributed by atoms with E-state index in [4.69, 9.17) is 5.73 Å². The van der Waals surface area contributed by atoms with E-state index in [-0.39, 0.29) is 24.9 Å². The summed E-state index contributed by atoms with van der Waals surface area (Å²) in [5, 5.41) is 0. The van der Waals surface area contributed by atoms with Gasteiger partial charge in [0.15, 0.2) is 0 Å². The van der Waals surface area contributed by atoms with Gasteiger partial charge in [0, 0.05) is 19.0 Å². The zero-order valence-corrected chi connectivity index (χ0v) is 14.0. The summed E-state index contributed by atoms with van der Waals surface area (Å²) in [6, 6.07) is 7.54. The van der Waals surface area contributed by atoms with Crippen LogP contribution in [0, 0.1) is 12.8 Å². The first-order chi connectivity index (χ1) is 11.2. The molecular weight excluding hydrogens is 317 g/mol. The molecule has 0 spiro atoms. The summed E-state index contributed by atoms with van der Waals surface area (Å²) in [7, 11) is 0. The van der Waals surface area contributed by atoms with Crippen molar-refractivity contribution in [1.29, 1.82) is 0 Å². The molecule has 1 aromatic rings. The third kappa shape index (κ3) is 5.82. The van der Waals surface area contributed by atoms with E-state index in [1.807, 2.05) is 31.2 Å². The number of hydrogen-bond acceptors (Lipinski definition) is 2. The number of carbonyl (C=O) groups excluding carboxylic acids is 1. The number of alkyl halides is 3. The second kappa shape index (κ2) is 8.01. The van der Waals surface area contributed by atoms with Crippen molar-refractivity contribution in [3.8, 4) is 0 Å².